The zero-order chi connectivity index (χ0) is 16.1. The highest BCUT2D eigenvalue weighted by Crippen LogP contribution is 2.24. The summed E-state index contributed by atoms with van der Waals surface area (Å²) < 4.78 is 13.1. The van der Waals surface area contributed by atoms with Crippen molar-refractivity contribution in [3.63, 3.8) is 0 Å². The number of piperidine rings is 1. The van der Waals surface area contributed by atoms with E-state index in [0.717, 1.165) is 25.6 Å². The van der Waals surface area contributed by atoms with E-state index in [0.29, 0.717) is 5.92 Å². The fourth-order valence-corrected chi connectivity index (χ4v) is 3.95. The number of benzene rings is 1. The molecule has 0 aliphatic carbocycles. The molecule has 0 amide bonds. The number of hydrogen-bond acceptors (Lipinski definition) is 3. The third kappa shape index (κ3) is 4.52. The molecule has 0 bridgehead atoms. The molecule has 2 fully saturated rings. The van der Waals surface area contributed by atoms with Crippen LogP contribution in [-0.4, -0.2) is 62.2 Å². The summed E-state index contributed by atoms with van der Waals surface area (Å²) in [6.45, 7) is 7.17. The molecule has 128 valence electrons. The molecule has 2 saturated heterocycles. The van der Waals surface area contributed by atoms with Crippen LogP contribution < -0.4 is 5.32 Å². The SMILES string of the molecule is CNCC(CCN1CC(N2CCCCC2)C1)c1ccc(F)cc1. The first-order valence-corrected chi connectivity index (χ1v) is 9.12. The molecule has 23 heavy (non-hydrogen) atoms. The summed E-state index contributed by atoms with van der Waals surface area (Å²) in [6.07, 6.45) is 5.31. The molecule has 2 heterocycles. The average molecular weight is 319 g/mol. The van der Waals surface area contributed by atoms with E-state index >= 15 is 0 Å². The second kappa shape index (κ2) is 8.22. The lowest BCUT2D eigenvalue weighted by molar-refractivity contribution is 0.0219. The fraction of sp³-hybridized carbons (Fsp3) is 0.684. The maximum Gasteiger partial charge on any atom is 0.123 e. The van der Waals surface area contributed by atoms with Crippen LogP contribution in [0.1, 0.15) is 37.2 Å². The van der Waals surface area contributed by atoms with Crippen molar-refractivity contribution in [1.29, 1.82) is 0 Å². The van der Waals surface area contributed by atoms with Gasteiger partial charge in [-0.25, -0.2) is 4.39 Å². The van der Waals surface area contributed by atoms with Gasteiger partial charge >= 0.3 is 0 Å². The molecule has 1 unspecified atom stereocenters. The van der Waals surface area contributed by atoms with Gasteiger partial charge in [-0.3, -0.25) is 4.90 Å². The molecule has 2 aliphatic rings. The third-order valence-corrected chi connectivity index (χ3v) is 5.43. The van der Waals surface area contributed by atoms with Crippen molar-refractivity contribution in [2.24, 2.45) is 0 Å². The molecule has 0 saturated carbocycles. The number of hydrogen-bond donors (Lipinski definition) is 1. The molecule has 1 atom stereocenters. The second-order valence-electron chi connectivity index (χ2n) is 7.10. The summed E-state index contributed by atoms with van der Waals surface area (Å²) in [7, 11) is 1.99. The van der Waals surface area contributed by atoms with Gasteiger partial charge in [0.25, 0.3) is 0 Å². The first-order chi connectivity index (χ1) is 11.3. The van der Waals surface area contributed by atoms with Gasteiger partial charge in [0, 0.05) is 25.7 Å². The van der Waals surface area contributed by atoms with Crippen LogP contribution in [0.15, 0.2) is 24.3 Å². The number of nitrogens with one attached hydrogen (secondary N) is 1. The second-order valence-corrected chi connectivity index (χ2v) is 7.10. The average Bonchev–Trinajstić information content (AvgIpc) is 2.54. The van der Waals surface area contributed by atoms with E-state index in [2.05, 4.69) is 15.1 Å². The molecule has 1 aromatic rings. The van der Waals surface area contributed by atoms with Crippen LogP contribution in [0.2, 0.25) is 0 Å². The van der Waals surface area contributed by atoms with Gasteiger partial charge in [0.15, 0.2) is 0 Å². The Morgan fingerprint density at radius 3 is 2.48 bits per heavy atom. The van der Waals surface area contributed by atoms with Gasteiger partial charge in [-0.2, -0.15) is 0 Å². The van der Waals surface area contributed by atoms with Gasteiger partial charge in [0.2, 0.25) is 0 Å². The third-order valence-electron chi connectivity index (χ3n) is 5.43. The zero-order valence-electron chi connectivity index (χ0n) is 14.3. The van der Waals surface area contributed by atoms with Crippen LogP contribution in [0.4, 0.5) is 4.39 Å². The van der Waals surface area contributed by atoms with Crippen LogP contribution in [-0.2, 0) is 0 Å². The minimum absolute atomic E-state index is 0.149. The molecule has 1 N–H and O–H groups in total. The van der Waals surface area contributed by atoms with Gasteiger partial charge in [-0.1, -0.05) is 18.6 Å². The molecule has 2 aliphatic heterocycles. The maximum atomic E-state index is 13.1. The summed E-state index contributed by atoms with van der Waals surface area (Å²) in [6, 6.07) is 7.82. The number of rotatable bonds is 7. The van der Waals surface area contributed by atoms with Crippen LogP contribution in [0.5, 0.6) is 0 Å². The Bertz CT molecular complexity index is 464. The van der Waals surface area contributed by atoms with Crippen molar-refractivity contribution < 1.29 is 4.39 Å². The summed E-state index contributed by atoms with van der Waals surface area (Å²) in [5.41, 5.74) is 1.24. The quantitative estimate of drug-likeness (QED) is 0.834. The van der Waals surface area contributed by atoms with E-state index in [9.17, 15) is 4.39 Å². The summed E-state index contributed by atoms with van der Waals surface area (Å²) in [4.78, 5) is 5.26. The summed E-state index contributed by atoms with van der Waals surface area (Å²) in [5.74, 6) is 0.318. The lowest BCUT2D eigenvalue weighted by atomic mass is 9.94. The molecule has 1 aromatic carbocycles. The number of likely N-dealkylation sites (N-methyl/N-ethyl adjacent to an activating group) is 1. The Labute approximate surface area is 139 Å². The van der Waals surface area contributed by atoms with Crippen molar-refractivity contribution in [3.8, 4) is 0 Å². The van der Waals surface area contributed by atoms with Gasteiger partial charge in [0.1, 0.15) is 5.82 Å². The Kier molecular flexibility index (Phi) is 6.03. The monoisotopic (exact) mass is 319 g/mol. The summed E-state index contributed by atoms with van der Waals surface area (Å²) in [5, 5.41) is 3.28. The van der Waals surface area contributed by atoms with Gasteiger partial charge in [-0.15, -0.1) is 0 Å². The van der Waals surface area contributed by atoms with E-state index < -0.39 is 0 Å². The van der Waals surface area contributed by atoms with Crippen molar-refractivity contribution in [1.82, 2.24) is 15.1 Å². The minimum atomic E-state index is -0.149. The highest BCUT2D eigenvalue weighted by Gasteiger charge is 2.32. The minimum Gasteiger partial charge on any atom is -0.319 e. The predicted octanol–water partition coefficient (Wildman–Crippen LogP) is 2.69. The molecular formula is C19H30FN3. The maximum absolute atomic E-state index is 13.1. The van der Waals surface area contributed by atoms with E-state index in [1.807, 2.05) is 19.2 Å². The smallest absolute Gasteiger partial charge is 0.123 e. The standard InChI is InChI=1S/C19H30FN3/c1-21-13-17(16-5-7-18(20)8-6-16)9-12-22-14-19(15-22)23-10-3-2-4-11-23/h5-8,17,19,21H,2-4,9-15H2,1H3. The van der Waals surface area contributed by atoms with Crippen LogP contribution in [0.3, 0.4) is 0 Å². The highest BCUT2D eigenvalue weighted by molar-refractivity contribution is 5.21. The van der Waals surface area contributed by atoms with E-state index in [1.165, 1.54) is 51.0 Å². The first kappa shape index (κ1) is 16.9. The topological polar surface area (TPSA) is 18.5 Å². The number of likely N-dealkylation sites (tertiary alicyclic amines) is 2. The van der Waals surface area contributed by atoms with Crippen molar-refractivity contribution in [3.05, 3.63) is 35.6 Å². The molecule has 4 heteroatoms. The number of nitrogens with zero attached hydrogens (tertiary/aromatic N) is 2. The van der Waals surface area contributed by atoms with E-state index in [4.69, 9.17) is 0 Å². The Hall–Kier alpha value is -0.970. The normalized spacial score (nSPS) is 22.0. The molecule has 0 spiro atoms. The van der Waals surface area contributed by atoms with Gasteiger partial charge < -0.3 is 10.2 Å². The predicted molar refractivity (Wildman–Crippen MR) is 93.3 cm³/mol. The fourth-order valence-electron chi connectivity index (χ4n) is 3.95. The van der Waals surface area contributed by atoms with Crippen LogP contribution >= 0.6 is 0 Å². The molecule has 3 rings (SSSR count). The Morgan fingerprint density at radius 2 is 1.83 bits per heavy atom. The van der Waals surface area contributed by atoms with E-state index in [-0.39, 0.29) is 5.82 Å². The lowest BCUT2D eigenvalue weighted by Crippen LogP contribution is -2.60. The van der Waals surface area contributed by atoms with Gasteiger partial charge in [-0.05, 0) is 69.6 Å². The molecule has 0 aromatic heterocycles. The molecular weight excluding hydrogens is 289 g/mol. The van der Waals surface area contributed by atoms with Crippen molar-refractivity contribution in [2.75, 3.05) is 46.3 Å². The largest absolute Gasteiger partial charge is 0.319 e. The van der Waals surface area contributed by atoms with E-state index in [1.54, 1.807) is 12.1 Å². The van der Waals surface area contributed by atoms with Crippen molar-refractivity contribution in [2.45, 2.75) is 37.6 Å². The molecule has 0 radical (unpaired) electrons. The first-order valence-electron chi connectivity index (χ1n) is 9.12. The number of halogens is 1. The van der Waals surface area contributed by atoms with Crippen LogP contribution in [0.25, 0.3) is 0 Å². The highest BCUT2D eigenvalue weighted by atomic mass is 19.1. The van der Waals surface area contributed by atoms with Crippen LogP contribution in [0, 0.1) is 5.82 Å². The zero-order valence-corrected chi connectivity index (χ0v) is 14.3. The summed E-state index contributed by atoms with van der Waals surface area (Å²) >= 11 is 0. The Morgan fingerprint density at radius 1 is 1.13 bits per heavy atom. The lowest BCUT2D eigenvalue weighted by Gasteiger charge is -2.47. The van der Waals surface area contributed by atoms with Gasteiger partial charge in [0.05, 0.1) is 0 Å². The molecule has 3 nitrogen and oxygen atoms in total. The van der Waals surface area contributed by atoms with Crippen molar-refractivity contribution >= 4 is 0 Å². The Balaban J connectivity index is 1.44.